The molecule has 0 aliphatic carbocycles. The van der Waals surface area contributed by atoms with Crippen molar-refractivity contribution < 1.29 is 4.79 Å². The lowest BCUT2D eigenvalue weighted by Gasteiger charge is -2.20. The number of aromatic nitrogens is 3. The van der Waals surface area contributed by atoms with Gasteiger partial charge in [0.25, 0.3) is 0 Å². The normalized spacial score (nSPS) is 20.3. The van der Waals surface area contributed by atoms with Crippen LogP contribution in [0.15, 0.2) is 43.2 Å². The zero-order valence-electron chi connectivity index (χ0n) is 20.4. The van der Waals surface area contributed by atoms with Gasteiger partial charge in [0.05, 0.1) is 5.39 Å². The Morgan fingerprint density at radius 1 is 1.24 bits per heavy atom. The third kappa shape index (κ3) is 3.98. The molecule has 7 nitrogen and oxygen atoms in total. The van der Waals surface area contributed by atoms with E-state index in [1.807, 2.05) is 11.9 Å². The van der Waals surface area contributed by atoms with Gasteiger partial charge in [0, 0.05) is 50.4 Å². The summed E-state index contributed by atoms with van der Waals surface area (Å²) in [5.74, 6) is 0.669. The number of fused-ring (bicyclic) bond motifs is 1. The van der Waals surface area contributed by atoms with E-state index in [-0.39, 0.29) is 11.8 Å². The van der Waals surface area contributed by atoms with Gasteiger partial charge in [-0.2, -0.15) is 0 Å². The fraction of sp³-hybridized carbons (Fsp3) is 0.444. The molecule has 2 N–H and O–H groups in total. The Labute approximate surface area is 201 Å². The van der Waals surface area contributed by atoms with Gasteiger partial charge < -0.3 is 15.2 Å². The summed E-state index contributed by atoms with van der Waals surface area (Å²) in [7, 11) is 2.04. The van der Waals surface area contributed by atoms with Crippen molar-refractivity contribution in [3.63, 3.8) is 0 Å². The van der Waals surface area contributed by atoms with Crippen LogP contribution in [0.1, 0.15) is 43.9 Å². The summed E-state index contributed by atoms with van der Waals surface area (Å²) >= 11 is 0. The van der Waals surface area contributed by atoms with E-state index < -0.39 is 0 Å². The molecule has 2 saturated heterocycles. The van der Waals surface area contributed by atoms with Gasteiger partial charge in [-0.25, -0.2) is 9.97 Å². The highest BCUT2D eigenvalue weighted by molar-refractivity contribution is 6.02. The summed E-state index contributed by atoms with van der Waals surface area (Å²) in [6, 6.07) is 8.85. The number of aryl methyl sites for hydroxylation is 1. The second-order valence-electron chi connectivity index (χ2n) is 10.6. The summed E-state index contributed by atoms with van der Waals surface area (Å²) in [5.41, 5.74) is 12.3. The van der Waals surface area contributed by atoms with E-state index in [0.717, 1.165) is 60.5 Å². The van der Waals surface area contributed by atoms with E-state index >= 15 is 0 Å². The van der Waals surface area contributed by atoms with Crippen LogP contribution in [0.2, 0.25) is 0 Å². The lowest BCUT2D eigenvalue weighted by Crippen LogP contribution is -2.26. The molecule has 2 aromatic heterocycles. The zero-order chi connectivity index (χ0) is 24.0. The molecule has 1 unspecified atom stereocenters. The van der Waals surface area contributed by atoms with Crippen LogP contribution in [0.5, 0.6) is 0 Å². The molecule has 5 rings (SSSR count). The minimum Gasteiger partial charge on any atom is -0.383 e. The molecule has 1 amide bonds. The average molecular weight is 459 g/mol. The van der Waals surface area contributed by atoms with E-state index in [9.17, 15) is 4.79 Å². The fourth-order valence-corrected chi connectivity index (χ4v) is 5.77. The van der Waals surface area contributed by atoms with Gasteiger partial charge in [-0.05, 0) is 42.0 Å². The first-order valence-electron chi connectivity index (χ1n) is 12.1. The Morgan fingerprint density at radius 3 is 2.68 bits per heavy atom. The zero-order valence-corrected chi connectivity index (χ0v) is 20.4. The van der Waals surface area contributed by atoms with Crippen LogP contribution in [0.4, 0.5) is 5.82 Å². The van der Waals surface area contributed by atoms with Gasteiger partial charge in [0.2, 0.25) is 5.91 Å². The summed E-state index contributed by atoms with van der Waals surface area (Å²) in [6.07, 6.45) is 5.06. The first-order valence-corrected chi connectivity index (χ1v) is 12.1. The van der Waals surface area contributed by atoms with Crippen LogP contribution in [-0.2, 0) is 18.4 Å². The number of likely N-dealkylation sites (tertiary alicyclic amines) is 2. The SMILES string of the molecule is C=CC(=O)N1CCC(c2c(-c3ccc(CN4CCC(C)(C)C4)cc3)c3c(N)ncnc3n2C)C1. The van der Waals surface area contributed by atoms with Crippen LogP contribution in [0.25, 0.3) is 22.2 Å². The van der Waals surface area contributed by atoms with E-state index in [1.165, 1.54) is 24.4 Å². The third-order valence-electron chi connectivity index (χ3n) is 7.51. The van der Waals surface area contributed by atoms with Crippen molar-refractivity contribution in [2.45, 2.75) is 39.2 Å². The van der Waals surface area contributed by atoms with Crippen molar-refractivity contribution in [2.24, 2.45) is 12.5 Å². The van der Waals surface area contributed by atoms with Gasteiger partial charge >= 0.3 is 0 Å². The molecule has 7 heteroatoms. The van der Waals surface area contributed by atoms with Crippen molar-refractivity contribution in [1.82, 2.24) is 24.3 Å². The van der Waals surface area contributed by atoms with E-state index in [0.29, 0.717) is 17.8 Å². The van der Waals surface area contributed by atoms with Gasteiger partial charge in [0.1, 0.15) is 17.8 Å². The standard InChI is InChI=1S/C27H34N6O/c1-5-21(34)33-12-10-20(15-33)24-22(23-25(28)29-17-30-26(23)31(24)4)19-8-6-18(7-9-19)14-32-13-11-27(2,3)16-32/h5-9,17,20H,1,10-16H2,2-4H3,(H2,28,29,30). The summed E-state index contributed by atoms with van der Waals surface area (Å²) in [5, 5.41) is 0.891. The van der Waals surface area contributed by atoms with E-state index in [2.05, 4.69) is 64.1 Å². The van der Waals surface area contributed by atoms with Crippen molar-refractivity contribution in [3.05, 3.63) is 54.5 Å². The lowest BCUT2D eigenvalue weighted by molar-refractivity contribution is -0.125. The number of rotatable bonds is 5. The Hall–Kier alpha value is -3.19. The van der Waals surface area contributed by atoms with Crippen molar-refractivity contribution >= 4 is 22.8 Å². The molecule has 0 saturated carbocycles. The molecule has 0 radical (unpaired) electrons. The molecule has 3 aromatic rings. The van der Waals surface area contributed by atoms with Crippen LogP contribution in [-0.4, -0.2) is 56.4 Å². The number of carbonyl (C=O) groups excluding carboxylic acids is 1. The molecule has 0 spiro atoms. The fourth-order valence-electron chi connectivity index (χ4n) is 5.77. The minimum atomic E-state index is -0.0171. The highest BCUT2D eigenvalue weighted by Crippen LogP contribution is 2.42. The third-order valence-corrected chi connectivity index (χ3v) is 7.51. The highest BCUT2D eigenvalue weighted by atomic mass is 16.2. The summed E-state index contributed by atoms with van der Waals surface area (Å²) < 4.78 is 2.13. The molecule has 2 aliphatic heterocycles. The number of hydrogen-bond donors (Lipinski definition) is 1. The van der Waals surface area contributed by atoms with Crippen LogP contribution in [0.3, 0.4) is 0 Å². The van der Waals surface area contributed by atoms with E-state index in [4.69, 9.17) is 5.73 Å². The maximum absolute atomic E-state index is 12.2. The van der Waals surface area contributed by atoms with Crippen LogP contribution in [0, 0.1) is 5.41 Å². The van der Waals surface area contributed by atoms with Gasteiger partial charge in [-0.3, -0.25) is 9.69 Å². The molecule has 178 valence electrons. The van der Waals surface area contributed by atoms with Crippen LogP contribution >= 0.6 is 0 Å². The average Bonchev–Trinajstić information content (AvgIpc) is 3.50. The Kier molecular flexibility index (Phi) is 5.68. The number of nitrogens with zero attached hydrogens (tertiary/aromatic N) is 5. The predicted octanol–water partition coefficient (Wildman–Crippen LogP) is 3.95. The van der Waals surface area contributed by atoms with Crippen molar-refractivity contribution in [2.75, 3.05) is 31.9 Å². The number of benzene rings is 1. The molecule has 0 bridgehead atoms. The largest absolute Gasteiger partial charge is 0.383 e. The highest BCUT2D eigenvalue weighted by Gasteiger charge is 2.33. The number of nitrogen functional groups attached to an aromatic ring is 1. The monoisotopic (exact) mass is 458 g/mol. The maximum Gasteiger partial charge on any atom is 0.245 e. The topological polar surface area (TPSA) is 80.3 Å². The van der Waals surface area contributed by atoms with Gasteiger partial charge in [0.15, 0.2) is 0 Å². The lowest BCUT2D eigenvalue weighted by atomic mass is 9.93. The molecule has 2 fully saturated rings. The molecular weight excluding hydrogens is 424 g/mol. The number of hydrogen-bond acceptors (Lipinski definition) is 5. The summed E-state index contributed by atoms with van der Waals surface area (Å²) in [6.45, 7) is 13.0. The van der Waals surface area contributed by atoms with Gasteiger partial charge in [-0.1, -0.05) is 44.7 Å². The van der Waals surface area contributed by atoms with Crippen LogP contribution < -0.4 is 5.73 Å². The van der Waals surface area contributed by atoms with Crippen molar-refractivity contribution in [1.29, 1.82) is 0 Å². The van der Waals surface area contributed by atoms with Crippen molar-refractivity contribution in [3.8, 4) is 11.1 Å². The van der Waals surface area contributed by atoms with Gasteiger partial charge in [-0.15, -0.1) is 0 Å². The Bertz CT molecular complexity index is 1240. The summed E-state index contributed by atoms with van der Waals surface area (Å²) in [4.78, 5) is 25.5. The van der Waals surface area contributed by atoms with E-state index in [1.54, 1.807) is 0 Å². The first-order chi connectivity index (χ1) is 16.3. The minimum absolute atomic E-state index is 0.0171. The number of anilines is 1. The second kappa shape index (κ2) is 8.55. The molecular formula is C27H34N6O. The number of nitrogens with two attached hydrogens (primary N) is 1. The number of amides is 1. The second-order valence-corrected chi connectivity index (χ2v) is 10.6. The molecule has 4 heterocycles. The Morgan fingerprint density at radius 2 is 2.00 bits per heavy atom. The quantitative estimate of drug-likeness (QED) is 0.586. The molecule has 34 heavy (non-hydrogen) atoms. The molecule has 1 atom stereocenters. The molecule has 1 aromatic carbocycles. The number of carbonyl (C=O) groups is 1. The smallest absolute Gasteiger partial charge is 0.245 e. The predicted molar refractivity (Wildman–Crippen MR) is 136 cm³/mol. The maximum atomic E-state index is 12.2. The first kappa shape index (κ1) is 22.6. The Balaban J connectivity index is 1.52. The molecule has 2 aliphatic rings.